The van der Waals surface area contributed by atoms with Gasteiger partial charge in [0.15, 0.2) is 0 Å². The van der Waals surface area contributed by atoms with Crippen molar-refractivity contribution in [2.24, 2.45) is 5.92 Å². The number of hydrogen-bond donors (Lipinski definition) is 2. The van der Waals surface area contributed by atoms with Crippen LogP contribution in [0.4, 0.5) is 14.9 Å². The lowest BCUT2D eigenvalue weighted by Crippen LogP contribution is -2.49. The highest BCUT2D eigenvalue weighted by atomic mass is 19.1. The number of nitrogens with one attached hydrogen (secondary N) is 1. The third-order valence-corrected chi connectivity index (χ3v) is 5.42. The molecule has 1 aliphatic rings. The summed E-state index contributed by atoms with van der Waals surface area (Å²) in [5.74, 6) is -0.969. The first kappa shape index (κ1) is 23.5. The molecule has 0 bridgehead atoms. The van der Waals surface area contributed by atoms with Crippen molar-refractivity contribution < 1.29 is 28.6 Å². The van der Waals surface area contributed by atoms with Crippen LogP contribution in [-0.4, -0.2) is 41.9 Å². The van der Waals surface area contributed by atoms with Gasteiger partial charge in [0.2, 0.25) is 5.91 Å². The van der Waals surface area contributed by atoms with Crippen molar-refractivity contribution in [3.8, 4) is 5.75 Å². The summed E-state index contributed by atoms with van der Waals surface area (Å²) in [7, 11) is 0. The van der Waals surface area contributed by atoms with Gasteiger partial charge in [0.05, 0.1) is 24.8 Å². The summed E-state index contributed by atoms with van der Waals surface area (Å²) in [4.78, 5) is 26.2. The van der Waals surface area contributed by atoms with Crippen molar-refractivity contribution in [1.29, 1.82) is 0 Å². The number of fused-ring (bicyclic) bond motifs is 1. The average molecular weight is 445 g/mol. The fourth-order valence-electron chi connectivity index (χ4n) is 3.90. The smallest absolute Gasteiger partial charge is 0.405 e. The lowest BCUT2D eigenvalue weighted by Gasteiger charge is -2.32. The molecule has 172 valence electrons. The minimum Gasteiger partial charge on any atom is -0.488 e. The first-order valence-corrected chi connectivity index (χ1v) is 10.6. The van der Waals surface area contributed by atoms with Crippen molar-refractivity contribution in [2.45, 2.75) is 45.4 Å². The van der Waals surface area contributed by atoms with Gasteiger partial charge in [-0.3, -0.25) is 4.79 Å². The predicted octanol–water partition coefficient (Wildman–Crippen LogP) is 4.21. The molecule has 0 aliphatic carbocycles. The molecule has 0 aromatic heterocycles. The molecule has 0 fully saturated rings. The van der Waals surface area contributed by atoms with E-state index in [0.717, 1.165) is 5.56 Å². The fourth-order valence-corrected chi connectivity index (χ4v) is 3.90. The molecule has 0 unspecified atom stereocenters. The maximum absolute atomic E-state index is 14.0. The third-order valence-electron chi connectivity index (χ3n) is 5.42. The molecular formula is C24H29FN2O5. The fraction of sp³-hybridized carbons (Fsp3) is 0.417. The van der Waals surface area contributed by atoms with Gasteiger partial charge in [0.1, 0.15) is 17.7 Å². The highest BCUT2D eigenvalue weighted by Gasteiger charge is 2.40. The van der Waals surface area contributed by atoms with Crippen LogP contribution >= 0.6 is 0 Å². The summed E-state index contributed by atoms with van der Waals surface area (Å²) >= 11 is 0. The van der Waals surface area contributed by atoms with Crippen molar-refractivity contribution in [3.05, 3.63) is 59.9 Å². The third kappa shape index (κ3) is 5.97. The van der Waals surface area contributed by atoms with Crippen molar-refractivity contribution in [1.82, 2.24) is 5.32 Å². The molecule has 2 atom stereocenters. The Hall–Kier alpha value is -3.13. The van der Waals surface area contributed by atoms with Crippen molar-refractivity contribution in [2.75, 3.05) is 18.1 Å². The van der Waals surface area contributed by atoms with Gasteiger partial charge in [-0.2, -0.15) is 0 Å². The number of carboxylic acid groups (broad SMARTS) is 1. The SMILES string of the molecule is C[C@H]1Oc2ccc(F)cc2N(CCOCc2ccccc2)C(=O)[C@H]1CC(C)(C)NC(=O)O. The Morgan fingerprint density at radius 2 is 1.97 bits per heavy atom. The Kier molecular flexibility index (Phi) is 7.35. The van der Waals surface area contributed by atoms with Crippen LogP contribution in [0.2, 0.25) is 0 Å². The van der Waals surface area contributed by atoms with Crippen LogP contribution in [0, 0.1) is 11.7 Å². The van der Waals surface area contributed by atoms with E-state index in [1.807, 2.05) is 30.3 Å². The van der Waals surface area contributed by atoms with Crippen LogP contribution < -0.4 is 15.0 Å². The average Bonchev–Trinajstić information content (AvgIpc) is 2.81. The lowest BCUT2D eigenvalue weighted by atomic mass is 9.86. The van der Waals surface area contributed by atoms with Gasteiger partial charge >= 0.3 is 6.09 Å². The topological polar surface area (TPSA) is 88.1 Å². The van der Waals surface area contributed by atoms with Crippen LogP contribution in [0.3, 0.4) is 0 Å². The molecule has 2 aromatic carbocycles. The summed E-state index contributed by atoms with van der Waals surface area (Å²) < 4.78 is 25.8. The molecule has 1 heterocycles. The molecule has 1 aliphatic heterocycles. The van der Waals surface area contributed by atoms with Gasteiger partial charge in [-0.25, -0.2) is 9.18 Å². The normalized spacial score (nSPS) is 18.5. The molecule has 0 saturated carbocycles. The van der Waals surface area contributed by atoms with Gasteiger partial charge in [-0.1, -0.05) is 30.3 Å². The van der Waals surface area contributed by atoms with E-state index in [1.54, 1.807) is 20.8 Å². The second-order valence-electron chi connectivity index (χ2n) is 8.59. The zero-order valence-corrected chi connectivity index (χ0v) is 18.5. The van der Waals surface area contributed by atoms with Crippen LogP contribution in [0.25, 0.3) is 0 Å². The van der Waals surface area contributed by atoms with E-state index >= 15 is 0 Å². The quantitative estimate of drug-likeness (QED) is 0.596. The Morgan fingerprint density at radius 1 is 1.25 bits per heavy atom. The Labute approximate surface area is 187 Å². The highest BCUT2D eigenvalue weighted by Crippen LogP contribution is 2.37. The molecule has 7 nitrogen and oxygen atoms in total. The van der Waals surface area contributed by atoms with Gasteiger partial charge in [-0.15, -0.1) is 0 Å². The lowest BCUT2D eigenvalue weighted by molar-refractivity contribution is -0.125. The molecule has 2 amide bonds. The number of carbonyl (C=O) groups excluding carboxylic acids is 1. The number of ether oxygens (including phenoxy) is 2. The molecule has 2 N–H and O–H groups in total. The number of benzene rings is 2. The summed E-state index contributed by atoms with van der Waals surface area (Å²) in [6.45, 7) is 6.04. The van der Waals surface area contributed by atoms with E-state index in [9.17, 15) is 14.0 Å². The summed E-state index contributed by atoms with van der Waals surface area (Å²) in [6.07, 6.45) is -1.48. The Balaban J connectivity index is 1.80. The van der Waals surface area contributed by atoms with Crippen LogP contribution in [0.1, 0.15) is 32.8 Å². The number of nitrogens with zero attached hydrogens (tertiary/aromatic N) is 1. The zero-order valence-electron chi connectivity index (χ0n) is 18.5. The van der Waals surface area contributed by atoms with E-state index < -0.39 is 29.5 Å². The number of carbonyl (C=O) groups is 2. The summed E-state index contributed by atoms with van der Waals surface area (Å²) in [5.41, 5.74) is 0.496. The second-order valence-corrected chi connectivity index (χ2v) is 8.59. The maximum atomic E-state index is 14.0. The molecule has 3 rings (SSSR count). The number of anilines is 1. The van der Waals surface area contributed by atoms with Gasteiger partial charge in [0, 0.05) is 18.2 Å². The minimum absolute atomic E-state index is 0.210. The molecule has 2 aromatic rings. The monoisotopic (exact) mass is 444 g/mol. The van der Waals surface area contributed by atoms with Gasteiger partial charge < -0.3 is 24.8 Å². The summed E-state index contributed by atoms with van der Waals surface area (Å²) in [5, 5.41) is 11.6. The first-order chi connectivity index (χ1) is 15.2. The van der Waals surface area contributed by atoms with E-state index in [4.69, 9.17) is 14.6 Å². The van der Waals surface area contributed by atoms with Crippen molar-refractivity contribution in [3.63, 3.8) is 0 Å². The molecule has 0 radical (unpaired) electrons. The highest BCUT2D eigenvalue weighted by molar-refractivity contribution is 5.97. The molecule has 8 heteroatoms. The predicted molar refractivity (Wildman–Crippen MR) is 118 cm³/mol. The molecule has 32 heavy (non-hydrogen) atoms. The van der Waals surface area contributed by atoms with E-state index in [-0.39, 0.29) is 25.5 Å². The van der Waals surface area contributed by atoms with E-state index in [1.165, 1.54) is 23.1 Å². The van der Waals surface area contributed by atoms with Gasteiger partial charge in [-0.05, 0) is 44.9 Å². The van der Waals surface area contributed by atoms with Crippen LogP contribution in [0.15, 0.2) is 48.5 Å². The number of halogens is 1. The second kappa shape index (κ2) is 9.99. The van der Waals surface area contributed by atoms with Crippen LogP contribution in [-0.2, 0) is 16.1 Å². The molecule has 0 saturated heterocycles. The maximum Gasteiger partial charge on any atom is 0.405 e. The van der Waals surface area contributed by atoms with Crippen LogP contribution in [0.5, 0.6) is 5.75 Å². The molecule has 0 spiro atoms. The standard InChI is InChI=1S/C24H29FN2O5/c1-16-19(14-24(2,3)26-23(29)30)22(28)27(20-13-18(25)9-10-21(20)32-16)11-12-31-15-17-7-5-4-6-8-17/h4-10,13,16,19,26H,11-12,14-15H2,1-3H3,(H,29,30)/t16-,19+/m1/s1. The number of amides is 2. The van der Waals surface area contributed by atoms with Crippen molar-refractivity contribution >= 4 is 17.7 Å². The zero-order chi connectivity index (χ0) is 23.3. The Bertz CT molecular complexity index is 951. The number of hydrogen-bond acceptors (Lipinski definition) is 4. The Morgan fingerprint density at radius 3 is 2.66 bits per heavy atom. The summed E-state index contributed by atoms with van der Waals surface area (Å²) in [6, 6.07) is 13.7. The first-order valence-electron chi connectivity index (χ1n) is 10.6. The van der Waals surface area contributed by atoms with Gasteiger partial charge in [0.25, 0.3) is 0 Å². The molecular weight excluding hydrogens is 415 g/mol. The largest absolute Gasteiger partial charge is 0.488 e. The van der Waals surface area contributed by atoms with E-state index in [2.05, 4.69) is 5.32 Å². The van der Waals surface area contributed by atoms with E-state index in [0.29, 0.717) is 18.0 Å². The minimum atomic E-state index is -1.17. The number of rotatable bonds is 8.